The van der Waals surface area contributed by atoms with Gasteiger partial charge in [-0.05, 0) is 20.3 Å². The molecule has 1 rings (SSSR count). The van der Waals surface area contributed by atoms with Gasteiger partial charge in [0.1, 0.15) is 0 Å². The molecule has 0 saturated heterocycles. The van der Waals surface area contributed by atoms with E-state index in [0.29, 0.717) is 16.3 Å². The standard InChI is InChI=1S/C10H15Cl2N3/c1-4-5-15(7(2)3)8-6-9(11)13-14-10(8)12/h6-7H,4-5H2,1-3H3. The lowest BCUT2D eigenvalue weighted by molar-refractivity contribution is 0.668. The SMILES string of the molecule is CCCN(c1cc(Cl)nnc1Cl)C(C)C. The number of rotatable bonds is 4. The molecule has 0 bridgehead atoms. The summed E-state index contributed by atoms with van der Waals surface area (Å²) in [6.45, 7) is 7.28. The van der Waals surface area contributed by atoms with Gasteiger partial charge in [-0.25, -0.2) is 0 Å². The summed E-state index contributed by atoms with van der Waals surface area (Å²) < 4.78 is 0. The molecule has 84 valence electrons. The maximum absolute atomic E-state index is 6.00. The Bertz CT molecular complexity index is 328. The van der Waals surface area contributed by atoms with Crippen LogP contribution in [0.2, 0.25) is 10.3 Å². The molecule has 3 nitrogen and oxygen atoms in total. The molecule has 1 aromatic heterocycles. The smallest absolute Gasteiger partial charge is 0.175 e. The lowest BCUT2D eigenvalue weighted by atomic mass is 10.2. The van der Waals surface area contributed by atoms with Crippen LogP contribution in [0.15, 0.2) is 6.07 Å². The van der Waals surface area contributed by atoms with Crippen molar-refractivity contribution in [3.63, 3.8) is 0 Å². The zero-order valence-corrected chi connectivity index (χ0v) is 10.7. The fourth-order valence-corrected chi connectivity index (χ4v) is 1.79. The van der Waals surface area contributed by atoms with E-state index in [2.05, 4.69) is 35.9 Å². The first kappa shape index (κ1) is 12.5. The van der Waals surface area contributed by atoms with E-state index in [1.807, 2.05) is 0 Å². The summed E-state index contributed by atoms with van der Waals surface area (Å²) >= 11 is 11.8. The Morgan fingerprint density at radius 3 is 2.53 bits per heavy atom. The van der Waals surface area contributed by atoms with Gasteiger partial charge >= 0.3 is 0 Å². The van der Waals surface area contributed by atoms with E-state index in [9.17, 15) is 0 Å². The third-order valence-electron chi connectivity index (χ3n) is 2.10. The van der Waals surface area contributed by atoms with Crippen LogP contribution in [0.25, 0.3) is 0 Å². The van der Waals surface area contributed by atoms with Crippen LogP contribution in [0.5, 0.6) is 0 Å². The summed E-state index contributed by atoms with van der Waals surface area (Å²) in [4.78, 5) is 2.17. The number of hydrogen-bond donors (Lipinski definition) is 0. The van der Waals surface area contributed by atoms with Gasteiger partial charge in [0.15, 0.2) is 10.3 Å². The molecule has 0 aliphatic carbocycles. The Hall–Kier alpha value is -0.540. The van der Waals surface area contributed by atoms with E-state index in [1.165, 1.54) is 0 Å². The fraction of sp³-hybridized carbons (Fsp3) is 0.600. The molecule has 1 aromatic rings. The number of aromatic nitrogens is 2. The third-order valence-corrected chi connectivity index (χ3v) is 2.55. The van der Waals surface area contributed by atoms with Crippen LogP contribution in [-0.2, 0) is 0 Å². The van der Waals surface area contributed by atoms with E-state index in [4.69, 9.17) is 23.2 Å². The number of halogens is 2. The van der Waals surface area contributed by atoms with Gasteiger partial charge in [0, 0.05) is 18.7 Å². The van der Waals surface area contributed by atoms with Crippen molar-refractivity contribution in [3.8, 4) is 0 Å². The van der Waals surface area contributed by atoms with Crippen LogP contribution in [0, 0.1) is 0 Å². The van der Waals surface area contributed by atoms with Gasteiger partial charge in [-0.3, -0.25) is 0 Å². The van der Waals surface area contributed by atoms with E-state index in [0.717, 1.165) is 18.7 Å². The van der Waals surface area contributed by atoms with Gasteiger partial charge in [0.2, 0.25) is 0 Å². The molecule has 0 N–H and O–H groups in total. The first-order valence-electron chi connectivity index (χ1n) is 5.01. The molecule has 0 atom stereocenters. The van der Waals surface area contributed by atoms with Gasteiger partial charge in [0.05, 0.1) is 5.69 Å². The second-order valence-corrected chi connectivity index (χ2v) is 4.38. The molecule has 0 aromatic carbocycles. The first-order valence-corrected chi connectivity index (χ1v) is 5.77. The minimum absolute atomic E-state index is 0.364. The summed E-state index contributed by atoms with van der Waals surface area (Å²) in [7, 11) is 0. The number of anilines is 1. The molecule has 0 spiro atoms. The largest absolute Gasteiger partial charge is 0.366 e. The Kier molecular flexibility index (Phi) is 4.61. The molecule has 0 saturated carbocycles. The van der Waals surface area contributed by atoms with E-state index in [1.54, 1.807) is 6.07 Å². The minimum atomic E-state index is 0.364. The monoisotopic (exact) mass is 247 g/mol. The zero-order chi connectivity index (χ0) is 11.4. The third kappa shape index (κ3) is 3.21. The molecule has 1 heterocycles. The minimum Gasteiger partial charge on any atom is -0.366 e. The average molecular weight is 248 g/mol. The van der Waals surface area contributed by atoms with Crippen molar-refractivity contribution in [2.75, 3.05) is 11.4 Å². The van der Waals surface area contributed by atoms with Crippen LogP contribution in [-0.4, -0.2) is 22.8 Å². The predicted octanol–water partition coefficient (Wildman–Crippen LogP) is 3.41. The molecular formula is C10H15Cl2N3. The van der Waals surface area contributed by atoms with Crippen molar-refractivity contribution < 1.29 is 0 Å². The second-order valence-electron chi connectivity index (χ2n) is 3.63. The molecule has 0 radical (unpaired) electrons. The van der Waals surface area contributed by atoms with Gasteiger partial charge < -0.3 is 4.90 Å². The zero-order valence-electron chi connectivity index (χ0n) is 9.17. The van der Waals surface area contributed by atoms with E-state index in [-0.39, 0.29) is 0 Å². The summed E-state index contributed by atoms with van der Waals surface area (Å²) in [6.07, 6.45) is 1.05. The number of nitrogens with zero attached hydrogens (tertiary/aromatic N) is 3. The van der Waals surface area contributed by atoms with E-state index >= 15 is 0 Å². The highest BCUT2D eigenvalue weighted by Gasteiger charge is 2.14. The van der Waals surface area contributed by atoms with Crippen molar-refractivity contribution in [2.45, 2.75) is 33.2 Å². The average Bonchev–Trinajstić information content (AvgIpc) is 2.18. The fourth-order valence-electron chi connectivity index (χ4n) is 1.44. The van der Waals surface area contributed by atoms with Crippen molar-refractivity contribution in [1.29, 1.82) is 0 Å². The molecule has 15 heavy (non-hydrogen) atoms. The lowest BCUT2D eigenvalue weighted by Gasteiger charge is -2.28. The van der Waals surface area contributed by atoms with Crippen molar-refractivity contribution in [2.24, 2.45) is 0 Å². The lowest BCUT2D eigenvalue weighted by Crippen LogP contribution is -2.31. The normalized spacial score (nSPS) is 10.8. The van der Waals surface area contributed by atoms with Crippen LogP contribution >= 0.6 is 23.2 Å². The molecule has 0 aliphatic heterocycles. The molecule has 0 fully saturated rings. The van der Waals surface area contributed by atoms with Gasteiger partial charge in [-0.15, -0.1) is 10.2 Å². The molecule has 5 heteroatoms. The Labute approximate surface area is 100 Å². The maximum atomic E-state index is 6.00. The van der Waals surface area contributed by atoms with Crippen molar-refractivity contribution >= 4 is 28.9 Å². The van der Waals surface area contributed by atoms with Crippen LogP contribution < -0.4 is 4.90 Å². The first-order chi connectivity index (χ1) is 7.06. The summed E-state index contributed by atoms with van der Waals surface area (Å²) in [5.74, 6) is 0. The van der Waals surface area contributed by atoms with Crippen molar-refractivity contribution in [1.82, 2.24) is 10.2 Å². The topological polar surface area (TPSA) is 29.0 Å². The summed E-state index contributed by atoms with van der Waals surface area (Å²) in [6, 6.07) is 2.12. The van der Waals surface area contributed by atoms with Gasteiger partial charge in [-0.2, -0.15) is 0 Å². The molecule has 0 unspecified atom stereocenters. The quantitative estimate of drug-likeness (QED) is 0.817. The van der Waals surface area contributed by atoms with E-state index < -0.39 is 0 Å². The Morgan fingerprint density at radius 2 is 2.00 bits per heavy atom. The molecule has 0 aliphatic rings. The van der Waals surface area contributed by atoms with Crippen LogP contribution in [0.1, 0.15) is 27.2 Å². The summed E-state index contributed by atoms with van der Waals surface area (Å²) in [5, 5.41) is 8.28. The maximum Gasteiger partial charge on any atom is 0.175 e. The predicted molar refractivity (Wildman–Crippen MR) is 64.8 cm³/mol. The summed E-state index contributed by atoms with van der Waals surface area (Å²) in [5.41, 5.74) is 0.855. The number of hydrogen-bond acceptors (Lipinski definition) is 3. The Balaban J connectivity index is 3.04. The highest BCUT2D eigenvalue weighted by atomic mass is 35.5. The second kappa shape index (κ2) is 5.52. The molecular weight excluding hydrogens is 233 g/mol. The van der Waals surface area contributed by atoms with Crippen LogP contribution in [0.4, 0.5) is 5.69 Å². The highest BCUT2D eigenvalue weighted by molar-refractivity contribution is 6.33. The van der Waals surface area contributed by atoms with Gasteiger partial charge in [0.25, 0.3) is 0 Å². The van der Waals surface area contributed by atoms with Crippen LogP contribution in [0.3, 0.4) is 0 Å². The van der Waals surface area contributed by atoms with Gasteiger partial charge in [-0.1, -0.05) is 30.1 Å². The Morgan fingerprint density at radius 1 is 1.33 bits per heavy atom. The highest BCUT2D eigenvalue weighted by Crippen LogP contribution is 2.26. The van der Waals surface area contributed by atoms with Crippen molar-refractivity contribution in [3.05, 3.63) is 16.4 Å². The molecule has 0 amide bonds.